The Labute approximate surface area is 91.0 Å². The number of aliphatic carboxylic acids is 1. The molecular weight excluding hydrogens is 243 g/mol. The van der Waals surface area contributed by atoms with Gasteiger partial charge in [-0.25, -0.2) is 4.79 Å². The van der Waals surface area contributed by atoms with Gasteiger partial charge in [-0.15, -0.1) is 0 Å². The Balaban J connectivity index is 2.95. The minimum absolute atomic E-state index is 0.0533. The molecule has 0 aromatic heterocycles. The van der Waals surface area contributed by atoms with Gasteiger partial charge >= 0.3 is 18.1 Å². The molecule has 0 saturated carbocycles. The average Bonchev–Trinajstić information content (AvgIpc) is 2.38. The lowest BCUT2D eigenvalue weighted by Crippen LogP contribution is -2.47. The van der Waals surface area contributed by atoms with Crippen LogP contribution in [0.25, 0.3) is 0 Å². The molecule has 1 saturated heterocycles. The lowest BCUT2D eigenvalue weighted by molar-refractivity contribution is -0.187. The fourth-order valence-corrected chi connectivity index (χ4v) is 4.72. The number of hydrogen-bond acceptors (Lipinski definition) is 2. The monoisotopic (exact) mass is 255 g/mol. The number of hydrogen-bond donors (Lipinski definition) is 1. The van der Waals surface area contributed by atoms with Crippen LogP contribution in [0.1, 0.15) is 0 Å². The predicted octanol–water partition coefficient (Wildman–Crippen LogP) is 1.09. The van der Waals surface area contributed by atoms with Crippen LogP contribution in [0.4, 0.5) is 13.2 Å². The Kier molecular flexibility index (Phi) is 3.06. The number of carbonyl (C=O) groups is 2. The number of carbonyl (C=O) groups excluding carboxylic acids is 1. The molecule has 0 spiro atoms. The topological polar surface area (TPSA) is 57.6 Å². The number of carboxylic acid groups (broad SMARTS) is 1. The van der Waals surface area contributed by atoms with Crippen molar-refractivity contribution in [1.29, 1.82) is 0 Å². The Morgan fingerprint density at radius 2 is 1.88 bits per heavy atom. The molecule has 0 aromatic carbocycles. The third-order valence-electron chi connectivity index (χ3n) is 2.51. The van der Waals surface area contributed by atoms with E-state index in [-0.39, 0.29) is 12.2 Å². The minimum atomic E-state index is -5.00. The van der Waals surface area contributed by atoms with Crippen LogP contribution in [-0.4, -0.2) is 48.3 Å². The van der Waals surface area contributed by atoms with E-state index in [1.807, 2.05) is 0 Å². The molecule has 1 fully saturated rings. The van der Waals surface area contributed by atoms with Crippen molar-refractivity contribution in [3.05, 3.63) is 0 Å². The Hall–Kier alpha value is -1.05. The summed E-state index contributed by atoms with van der Waals surface area (Å²) in [6.07, 6.45) is -5.05. The zero-order valence-corrected chi connectivity index (χ0v) is 9.84. The van der Waals surface area contributed by atoms with E-state index in [4.69, 9.17) is 5.11 Å². The van der Waals surface area contributed by atoms with Crippen LogP contribution < -0.4 is 0 Å². The maximum absolute atomic E-state index is 12.2. The summed E-state index contributed by atoms with van der Waals surface area (Å²) in [7, 11) is -2.05. The van der Waals surface area contributed by atoms with E-state index in [1.54, 1.807) is 13.1 Å². The highest BCUT2D eigenvalue weighted by Crippen LogP contribution is 2.30. The van der Waals surface area contributed by atoms with E-state index in [0.717, 1.165) is 0 Å². The molecule has 8 heteroatoms. The predicted molar refractivity (Wildman–Crippen MR) is 51.5 cm³/mol. The molecule has 92 valence electrons. The summed E-state index contributed by atoms with van der Waals surface area (Å²) in [5.41, 5.74) is 0. The molecule has 1 rings (SSSR count). The van der Waals surface area contributed by atoms with Crippen molar-refractivity contribution < 1.29 is 27.9 Å². The van der Waals surface area contributed by atoms with E-state index in [0.29, 0.717) is 4.90 Å². The van der Waals surface area contributed by atoms with Crippen molar-refractivity contribution in [1.82, 2.24) is 4.90 Å². The maximum Gasteiger partial charge on any atom is 0.471 e. The Morgan fingerprint density at radius 1 is 1.38 bits per heavy atom. The molecule has 1 atom stereocenters. The van der Waals surface area contributed by atoms with Crippen LogP contribution in [-0.2, 0) is 9.59 Å². The van der Waals surface area contributed by atoms with Gasteiger partial charge in [0.2, 0.25) is 0 Å². The van der Waals surface area contributed by atoms with E-state index in [1.165, 1.54) is 0 Å². The molecule has 1 heterocycles. The highest BCUT2D eigenvalue weighted by atomic mass is 28.3. The molecule has 1 unspecified atom stereocenters. The standard InChI is InChI=1S/C8H12F3NO3Si/c1-16(2)3-5(6(13)14)12(4-16)7(15)8(9,10)11/h5H,3-4H2,1-2H3,(H,13,14). The number of carboxylic acids is 1. The summed E-state index contributed by atoms with van der Waals surface area (Å²) in [5, 5.41) is 8.79. The first-order valence-electron chi connectivity index (χ1n) is 4.65. The second-order valence-corrected chi connectivity index (χ2v) is 9.71. The van der Waals surface area contributed by atoms with Gasteiger partial charge in [0.15, 0.2) is 0 Å². The smallest absolute Gasteiger partial charge is 0.471 e. The van der Waals surface area contributed by atoms with E-state index in [9.17, 15) is 22.8 Å². The van der Waals surface area contributed by atoms with Crippen LogP contribution >= 0.6 is 0 Å². The normalized spacial score (nSPS) is 24.6. The first-order chi connectivity index (χ1) is 7.04. The summed E-state index contributed by atoms with van der Waals surface area (Å²) < 4.78 is 36.7. The molecule has 1 amide bonds. The van der Waals surface area contributed by atoms with E-state index < -0.39 is 32.2 Å². The fourth-order valence-electron chi connectivity index (χ4n) is 1.87. The zero-order chi connectivity index (χ0) is 12.7. The summed E-state index contributed by atoms with van der Waals surface area (Å²) in [6, 6.07) is -1.15. The molecule has 1 aliphatic heterocycles. The van der Waals surface area contributed by atoms with Gasteiger partial charge < -0.3 is 10.0 Å². The molecule has 4 nitrogen and oxygen atoms in total. The quantitative estimate of drug-likeness (QED) is 0.714. The van der Waals surface area contributed by atoms with Crippen LogP contribution in [0.3, 0.4) is 0 Å². The average molecular weight is 255 g/mol. The van der Waals surface area contributed by atoms with E-state index >= 15 is 0 Å². The molecule has 0 aromatic rings. The number of amides is 1. The fraction of sp³-hybridized carbons (Fsp3) is 0.750. The van der Waals surface area contributed by atoms with Crippen molar-refractivity contribution in [2.45, 2.75) is 31.4 Å². The summed E-state index contributed by atoms with van der Waals surface area (Å²) in [5.74, 6) is -3.41. The van der Waals surface area contributed by atoms with Gasteiger partial charge in [0.1, 0.15) is 6.04 Å². The van der Waals surface area contributed by atoms with Gasteiger partial charge in [-0.2, -0.15) is 13.2 Å². The lowest BCUT2D eigenvalue weighted by Gasteiger charge is -2.23. The number of halogens is 3. The Bertz CT molecular complexity index is 329. The molecule has 0 bridgehead atoms. The van der Waals surface area contributed by atoms with Gasteiger partial charge in [0, 0.05) is 6.17 Å². The lowest BCUT2D eigenvalue weighted by atomic mass is 10.3. The van der Waals surface area contributed by atoms with Gasteiger partial charge in [-0.1, -0.05) is 13.1 Å². The summed E-state index contributed by atoms with van der Waals surface area (Å²) in [6.45, 7) is 3.54. The third-order valence-corrected chi connectivity index (χ3v) is 5.20. The molecule has 0 aliphatic carbocycles. The largest absolute Gasteiger partial charge is 0.480 e. The summed E-state index contributed by atoms with van der Waals surface area (Å²) in [4.78, 5) is 22.3. The number of alkyl halides is 3. The van der Waals surface area contributed by atoms with Crippen molar-refractivity contribution in [3.63, 3.8) is 0 Å². The number of nitrogens with zero attached hydrogens (tertiary/aromatic N) is 1. The SMILES string of the molecule is C[Si]1(C)CC(C(=O)O)N(C(=O)C(F)(F)F)C1. The van der Waals surface area contributed by atoms with Crippen molar-refractivity contribution >= 4 is 20.0 Å². The Morgan fingerprint density at radius 3 is 2.25 bits per heavy atom. The summed E-state index contributed by atoms with van der Waals surface area (Å²) >= 11 is 0. The minimum Gasteiger partial charge on any atom is -0.480 e. The second kappa shape index (κ2) is 3.76. The first kappa shape index (κ1) is 13.0. The highest BCUT2D eigenvalue weighted by Gasteiger charge is 2.52. The van der Waals surface area contributed by atoms with E-state index in [2.05, 4.69) is 0 Å². The van der Waals surface area contributed by atoms with Gasteiger partial charge in [0.05, 0.1) is 8.07 Å². The van der Waals surface area contributed by atoms with Gasteiger partial charge in [-0.3, -0.25) is 4.79 Å². The van der Waals surface area contributed by atoms with Gasteiger partial charge in [0.25, 0.3) is 0 Å². The molecule has 1 aliphatic rings. The molecule has 16 heavy (non-hydrogen) atoms. The zero-order valence-electron chi connectivity index (χ0n) is 8.84. The number of rotatable bonds is 1. The third kappa shape index (κ3) is 2.54. The van der Waals surface area contributed by atoms with Crippen LogP contribution in [0.5, 0.6) is 0 Å². The van der Waals surface area contributed by atoms with Crippen molar-refractivity contribution in [2.24, 2.45) is 0 Å². The van der Waals surface area contributed by atoms with Crippen molar-refractivity contribution in [2.75, 3.05) is 6.17 Å². The molecule has 0 radical (unpaired) electrons. The first-order valence-corrected chi connectivity index (χ1v) is 8.07. The van der Waals surface area contributed by atoms with Crippen LogP contribution in [0.2, 0.25) is 19.1 Å². The van der Waals surface area contributed by atoms with Crippen molar-refractivity contribution in [3.8, 4) is 0 Å². The molecular formula is C8H12F3NO3Si. The van der Waals surface area contributed by atoms with Crippen LogP contribution in [0, 0.1) is 0 Å². The molecule has 1 N–H and O–H groups in total. The highest BCUT2D eigenvalue weighted by molar-refractivity contribution is 6.79. The maximum atomic E-state index is 12.2. The van der Waals surface area contributed by atoms with Gasteiger partial charge in [-0.05, 0) is 6.04 Å². The second-order valence-electron chi connectivity index (χ2n) is 4.65. The van der Waals surface area contributed by atoms with Crippen LogP contribution in [0.15, 0.2) is 0 Å².